The summed E-state index contributed by atoms with van der Waals surface area (Å²) in [6.45, 7) is 6.75. The number of aryl methyl sites for hydroxylation is 1. The summed E-state index contributed by atoms with van der Waals surface area (Å²) in [7, 11) is 0. The average molecular weight is 536 g/mol. The van der Waals surface area contributed by atoms with E-state index in [9.17, 15) is 4.79 Å². The van der Waals surface area contributed by atoms with Crippen molar-refractivity contribution in [2.75, 3.05) is 5.32 Å². The Hall–Kier alpha value is -4.56. The number of hydrogen-bond donors (Lipinski definition) is 2. The van der Waals surface area contributed by atoms with E-state index in [1.165, 1.54) is 5.56 Å². The van der Waals surface area contributed by atoms with Crippen LogP contribution in [0, 0.1) is 6.92 Å². The van der Waals surface area contributed by atoms with Gasteiger partial charge < -0.3 is 10.1 Å². The summed E-state index contributed by atoms with van der Waals surface area (Å²) in [5.74, 6) is 0.836. The van der Waals surface area contributed by atoms with Crippen LogP contribution in [-0.2, 0) is 6.61 Å². The number of carbonyl (C=O) groups excluding carboxylic acids is 1. The summed E-state index contributed by atoms with van der Waals surface area (Å²) in [6.07, 6.45) is 0. The highest BCUT2D eigenvalue weighted by atomic mass is 32.1. The van der Waals surface area contributed by atoms with Crippen molar-refractivity contribution in [3.63, 3.8) is 0 Å². The molecule has 0 atom stereocenters. The van der Waals surface area contributed by atoms with Crippen LogP contribution in [0.25, 0.3) is 16.7 Å². The number of nitrogens with one attached hydrogen (secondary N) is 2. The number of carbonyl (C=O) groups is 1. The van der Waals surface area contributed by atoms with Gasteiger partial charge in [-0.15, -0.1) is 10.2 Å². The van der Waals surface area contributed by atoms with Gasteiger partial charge in [0.1, 0.15) is 23.4 Å². The normalized spacial score (nSPS) is 11.0. The molecule has 1 amide bonds. The smallest absolute Gasteiger partial charge is 0.257 e. The molecule has 7 nitrogen and oxygen atoms in total. The van der Waals surface area contributed by atoms with Crippen molar-refractivity contribution < 1.29 is 9.53 Å². The zero-order chi connectivity index (χ0) is 27.4. The van der Waals surface area contributed by atoms with Gasteiger partial charge in [-0.05, 0) is 90.3 Å². The van der Waals surface area contributed by atoms with Crippen LogP contribution in [0.3, 0.4) is 0 Å². The molecule has 0 aliphatic heterocycles. The fourth-order valence-electron chi connectivity index (χ4n) is 4.08. The molecule has 0 aliphatic rings. The number of anilines is 1. The molecule has 0 spiro atoms. The third-order valence-corrected chi connectivity index (χ3v) is 6.56. The first-order valence-electron chi connectivity index (χ1n) is 12.7. The molecule has 1 aromatic heterocycles. The van der Waals surface area contributed by atoms with Crippen molar-refractivity contribution in [3.8, 4) is 11.4 Å². The number of rotatable bonds is 7. The van der Waals surface area contributed by atoms with Crippen LogP contribution in [0.4, 0.5) is 5.69 Å². The highest BCUT2D eigenvalue weighted by Crippen LogP contribution is 2.23. The predicted octanol–water partition coefficient (Wildman–Crippen LogP) is 6.56. The first kappa shape index (κ1) is 26.1. The third-order valence-electron chi connectivity index (χ3n) is 6.36. The Bertz CT molecular complexity index is 1610. The van der Waals surface area contributed by atoms with Crippen molar-refractivity contribution in [1.29, 1.82) is 0 Å². The van der Waals surface area contributed by atoms with Gasteiger partial charge in [0.2, 0.25) is 0 Å². The maximum absolute atomic E-state index is 12.8. The maximum Gasteiger partial charge on any atom is 0.257 e. The van der Waals surface area contributed by atoms with E-state index in [4.69, 9.17) is 17.0 Å². The molecule has 0 aliphatic carbocycles. The van der Waals surface area contributed by atoms with Crippen molar-refractivity contribution in [1.82, 2.24) is 20.3 Å². The van der Waals surface area contributed by atoms with Crippen LogP contribution in [0.1, 0.15) is 46.8 Å². The minimum atomic E-state index is -0.309. The lowest BCUT2D eigenvalue weighted by molar-refractivity contribution is 0.0977. The highest BCUT2D eigenvalue weighted by Gasteiger charge is 2.12. The van der Waals surface area contributed by atoms with E-state index < -0.39 is 0 Å². The van der Waals surface area contributed by atoms with Crippen LogP contribution in [0.5, 0.6) is 5.75 Å². The summed E-state index contributed by atoms with van der Waals surface area (Å²) < 4.78 is 5.80. The zero-order valence-electron chi connectivity index (χ0n) is 22.0. The minimum absolute atomic E-state index is 0.198. The van der Waals surface area contributed by atoms with E-state index in [0.717, 1.165) is 33.5 Å². The summed E-state index contributed by atoms with van der Waals surface area (Å²) in [5.41, 5.74) is 6.88. The minimum Gasteiger partial charge on any atom is -0.489 e. The zero-order valence-corrected chi connectivity index (χ0v) is 22.8. The van der Waals surface area contributed by atoms with E-state index >= 15 is 0 Å². The van der Waals surface area contributed by atoms with Gasteiger partial charge in [0.15, 0.2) is 5.11 Å². The molecule has 0 unspecified atom stereocenters. The second kappa shape index (κ2) is 11.4. The number of hydrogen-bond acceptors (Lipinski definition) is 5. The Morgan fingerprint density at radius 2 is 1.59 bits per heavy atom. The average Bonchev–Trinajstić information content (AvgIpc) is 3.35. The number of aromatic nitrogens is 3. The number of ether oxygens (including phenoxy) is 1. The lowest BCUT2D eigenvalue weighted by Gasteiger charge is -2.12. The van der Waals surface area contributed by atoms with Crippen LogP contribution in [-0.4, -0.2) is 26.0 Å². The van der Waals surface area contributed by atoms with Gasteiger partial charge in [-0.2, -0.15) is 4.80 Å². The molecule has 0 saturated heterocycles. The molecule has 0 fully saturated rings. The number of amides is 1. The van der Waals surface area contributed by atoms with Gasteiger partial charge in [-0.25, -0.2) is 0 Å². The van der Waals surface area contributed by atoms with E-state index in [0.29, 0.717) is 23.8 Å². The molecular weight excluding hydrogens is 506 g/mol. The van der Waals surface area contributed by atoms with Crippen LogP contribution in [0.2, 0.25) is 0 Å². The standard InChI is InChI=1S/C31H29N5O2S/c1-20(2)23-9-13-25(14-10-23)36-34-28-17-21(3)27(18-29(28)35-36)32-31(39)33-30(37)24-11-15-26(16-12-24)38-19-22-7-5-4-6-8-22/h4-18,20H,19H2,1-3H3,(H2,32,33,37,39). The third kappa shape index (κ3) is 6.30. The van der Waals surface area contributed by atoms with Crippen molar-refractivity contribution in [2.24, 2.45) is 0 Å². The quantitative estimate of drug-likeness (QED) is 0.230. The van der Waals surface area contributed by atoms with Gasteiger partial charge in [0, 0.05) is 11.3 Å². The van der Waals surface area contributed by atoms with Crippen molar-refractivity contribution in [3.05, 3.63) is 113 Å². The van der Waals surface area contributed by atoms with Crippen LogP contribution < -0.4 is 15.4 Å². The highest BCUT2D eigenvalue weighted by molar-refractivity contribution is 7.80. The molecule has 5 aromatic rings. The van der Waals surface area contributed by atoms with Gasteiger partial charge >= 0.3 is 0 Å². The molecular formula is C31H29N5O2S. The van der Waals surface area contributed by atoms with E-state index in [1.54, 1.807) is 29.1 Å². The number of fused-ring (bicyclic) bond motifs is 1. The molecule has 39 heavy (non-hydrogen) atoms. The summed E-state index contributed by atoms with van der Waals surface area (Å²) in [6, 6.07) is 28.9. The van der Waals surface area contributed by atoms with Crippen molar-refractivity contribution >= 4 is 40.0 Å². The molecule has 1 heterocycles. The van der Waals surface area contributed by atoms with E-state index in [1.807, 2.05) is 61.5 Å². The summed E-state index contributed by atoms with van der Waals surface area (Å²) in [4.78, 5) is 14.4. The van der Waals surface area contributed by atoms with Crippen molar-refractivity contribution in [2.45, 2.75) is 33.3 Å². The molecule has 0 bridgehead atoms. The van der Waals surface area contributed by atoms with E-state index in [-0.39, 0.29) is 11.0 Å². The monoisotopic (exact) mass is 535 g/mol. The molecule has 2 N–H and O–H groups in total. The van der Waals surface area contributed by atoms with Gasteiger partial charge in [-0.1, -0.05) is 56.3 Å². The Labute approximate surface area is 232 Å². The fourth-order valence-corrected chi connectivity index (χ4v) is 4.29. The van der Waals surface area contributed by atoms with Gasteiger partial charge in [0.25, 0.3) is 5.91 Å². The molecule has 8 heteroatoms. The lowest BCUT2D eigenvalue weighted by Crippen LogP contribution is -2.34. The Balaban J connectivity index is 1.21. The molecule has 4 aromatic carbocycles. The van der Waals surface area contributed by atoms with Gasteiger partial charge in [-0.3, -0.25) is 10.1 Å². The fraction of sp³-hybridized carbons (Fsp3) is 0.161. The number of benzene rings is 4. The first-order valence-corrected chi connectivity index (χ1v) is 13.1. The summed E-state index contributed by atoms with van der Waals surface area (Å²) >= 11 is 5.42. The maximum atomic E-state index is 12.8. The largest absolute Gasteiger partial charge is 0.489 e. The second-order valence-corrected chi connectivity index (χ2v) is 10.0. The number of thiocarbonyl (C=S) groups is 1. The Morgan fingerprint density at radius 3 is 2.26 bits per heavy atom. The van der Waals surface area contributed by atoms with Gasteiger partial charge in [0.05, 0.1) is 5.69 Å². The lowest BCUT2D eigenvalue weighted by atomic mass is 10.0. The van der Waals surface area contributed by atoms with Crippen LogP contribution >= 0.6 is 12.2 Å². The topological polar surface area (TPSA) is 81.1 Å². The Morgan fingerprint density at radius 1 is 0.923 bits per heavy atom. The molecule has 0 saturated carbocycles. The summed E-state index contributed by atoms with van der Waals surface area (Å²) in [5, 5.41) is 15.3. The second-order valence-electron chi connectivity index (χ2n) is 9.60. The molecule has 196 valence electrons. The predicted molar refractivity (Wildman–Crippen MR) is 159 cm³/mol. The molecule has 5 rings (SSSR count). The Kier molecular flexibility index (Phi) is 7.65. The van der Waals surface area contributed by atoms with E-state index in [2.05, 4.69) is 46.8 Å². The SMILES string of the molecule is Cc1cc2nn(-c3ccc(C(C)C)cc3)nc2cc1NC(=S)NC(=O)c1ccc(OCc2ccccc2)cc1. The van der Waals surface area contributed by atoms with Crippen LogP contribution in [0.15, 0.2) is 91.0 Å². The first-order chi connectivity index (χ1) is 18.9. The number of nitrogens with zero attached hydrogens (tertiary/aromatic N) is 3. The molecule has 0 radical (unpaired) electrons.